The molecule has 2 aliphatic rings. The van der Waals surface area contributed by atoms with Crippen LogP contribution >= 0.6 is 11.6 Å². The van der Waals surface area contributed by atoms with Gasteiger partial charge in [-0.25, -0.2) is 4.79 Å². The molecule has 1 saturated carbocycles. The molecular weight excluding hydrogens is 464 g/mol. The van der Waals surface area contributed by atoms with Crippen LogP contribution in [0, 0.1) is 5.92 Å². The maximum Gasteiger partial charge on any atom is 0.317 e. The first kappa shape index (κ1) is 27.8. The van der Waals surface area contributed by atoms with E-state index in [-0.39, 0.29) is 18.0 Å². The number of rotatable bonds is 13. The number of methoxy groups -OCH3 is 1. The van der Waals surface area contributed by atoms with Gasteiger partial charge in [0.2, 0.25) is 0 Å². The number of amides is 3. The van der Waals surface area contributed by atoms with Crippen molar-refractivity contribution in [3.63, 3.8) is 0 Å². The fourth-order valence-corrected chi connectivity index (χ4v) is 5.84. The van der Waals surface area contributed by atoms with Crippen LogP contribution in [0.15, 0.2) is 18.2 Å². The van der Waals surface area contributed by atoms with Gasteiger partial charge in [0, 0.05) is 50.5 Å². The molecule has 7 nitrogen and oxygen atoms in total. The average Bonchev–Trinajstić information content (AvgIpc) is 3.12. The zero-order valence-electron chi connectivity index (χ0n) is 21.6. The number of halogens is 1. The molecule has 0 bridgehead atoms. The van der Waals surface area contributed by atoms with Crippen molar-refractivity contribution < 1.29 is 14.3 Å². The molecule has 0 saturated heterocycles. The molecule has 3 N–H and O–H groups in total. The van der Waals surface area contributed by atoms with Crippen molar-refractivity contribution >= 4 is 23.5 Å². The first-order chi connectivity index (χ1) is 16.9. The molecule has 3 amide bonds. The van der Waals surface area contributed by atoms with Crippen molar-refractivity contribution in [3.05, 3.63) is 34.3 Å². The van der Waals surface area contributed by atoms with E-state index in [1.54, 1.807) is 24.1 Å². The number of hydrogen-bond acceptors (Lipinski definition) is 4. The first-order valence-electron chi connectivity index (χ1n) is 13.2. The summed E-state index contributed by atoms with van der Waals surface area (Å²) in [6.45, 7) is 1.97. The molecule has 0 radical (unpaired) electrons. The number of ether oxygens (including phenoxy) is 1. The Morgan fingerprint density at radius 3 is 2.74 bits per heavy atom. The molecule has 1 heterocycles. The molecule has 1 aromatic carbocycles. The van der Waals surface area contributed by atoms with E-state index in [4.69, 9.17) is 16.3 Å². The summed E-state index contributed by atoms with van der Waals surface area (Å²) in [4.78, 5) is 27.6. The second-order valence-corrected chi connectivity index (χ2v) is 10.7. The van der Waals surface area contributed by atoms with Gasteiger partial charge in [0.1, 0.15) is 0 Å². The number of nitrogens with one attached hydrogen (secondary N) is 3. The van der Waals surface area contributed by atoms with Gasteiger partial charge in [-0.05, 0) is 68.8 Å². The van der Waals surface area contributed by atoms with E-state index in [2.05, 4.69) is 16.0 Å². The Hall–Kier alpha value is -1.83. The lowest BCUT2D eigenvalue weighted by Gasteiger charge is -2.33. The molecule has 0 aromatic heterocycles. The van der Waals surface area contributed by atoms with Crippen LogP contribution in [-0.4, -0.2) is 63.8 Å². The smallest absolute Gasteiger partial charge is 0.317 e. The molecule has 0 spiro atoms. The van der Waals surface area contributed by atoms with Crippen molar-refractivity contribution in [1.82, 2.24) is 20.9 Å². The van der Waals surface area contributed by atoms with Crippen molar-refractivity contribution in [2.45, 2.75) is 75.8 Å². The van der Waals surface area contributed by atoms with Crippen molar-refractivity contribution in [2.24, 2.45) is 5.92 Å². The predicted molar refractivity (Wildman–Crippen MR) is 141 cm³/mol. The van der Waals surface area contributed by atoms with Crippen LogP contribution in [0.25, 0.3) is 0 Å². The van der Waals surface area contributed by atoms with Crippen LogP contribution in [0.3, 0.4) is 0 Å². The lowest BCUT2D eigenvalue weighted by Crippen LogP contribution is -2.49. The van der Waals surface area contributed by atoms with Gasteiger partial charge >= 0.3 is 6.03 Å². The summed E-state index contributed by atoms with van der Waals surface area (Å²) in [6, 6.07) is 5.51. The molecule has 8 heteroatoms. The number of carbonyl (C=O) groups is 2. The average molecular weight is 507 g/mol. The SMILES string of the molecule is CNC[C@H](CC1CCCCC1)NC(=O)N(C)CC[C@]1(CCCCOC)NC(=O)c2ccc(Cl)cc21. The molecule has 196 valence electrons. The second-order valence-electron chi connectivity index (χ2n) is 10.3. The number of carbonyl (C=O) groups excluding carboxylic acids is 2. The molecule has 3 rings (SSSR count). The number of urea groups is 1. The van der Waals surface area contributed by atoms with Crippen LogP contribution in [0.2, 0.25) is 5.02 Å². The number of benzene rings is 1. The van der Waals surface area contributed by atoms with E-state index in [1.807, 2.05) is 20.2 Å². The van der Waals surface area contributed by atoms with Crippen LogP contribution in [0.5, 0.6) is 0 Å². The predicted octanol–water partition coefficient (Wildman–Crippen LogP) is 4.69. The minimum Gasteiger partial charge on any atom is -0.385 e. The first-order valence-corrected chi connectivity index (χ1v) is 13.5. The molecule has 35 heavy (non-hydrogen) atoms. The Balaban J connectivity index is 1.64. The second kappa shape index (κ2) is 13.5. The van der Waals surface area contributed by atoms with E-state index >= 15 is 0 Å². The lowest BCUT2D eigenvalue weighted by atomic mass is 9.82. The number of unbranched alkanes of at least 4 members (excludes halogenated alkanes) is 1. The van der Waals surface area contributed by atoms with Crippen LogP contribution in [0.4, 0.5) is 4.79 Å². The van der Waals surface area contributed by atoms with E-state index < -0.39 is 5.54 Å². The third kappa shape index (κ3) is 7.58. The van der Waals surface area contributed by atoms with Gasteiger partial charge in [-0.1, -0.05) is 43.7 Å². The van der Waals surface area contributed by atoms with Gasteiger partial charge in [0.15, 0.2) is 0 Å². The minimum atomic E-state index is -0.536. The summed E-state index contributed by atoms with van der Waals surface area (Å²) in [5, 5.41) is 10.3. The third-order valence-electron chi connectivity index (χ3n) is 7.64. The monoisotopic (exact) mass is 506 g/mol. The zero-order valence-corrected chi connectivity index (χ0v) is 22.4. The third-order valence-corrected chi connectivity index (χ3v) is 7.87. The minimum absolute atomic E-state index is 0.0637. The van der Waals surface area contributed by atoms with Gasteiger partial charge in [-0.2, -0.15) is 0 Å². The Kier molecular flexibility index (Phi) is 10.7. The highest BCUT2D eigenvalue weighted by Crippen LogP contribution is 2.39. The molecule has 0 unspecified atom stereocenters. The van der Waals surface area contributed by atoms with Gasteiger partial charge < -0.3 is 25.6 Å². The van der Waals surface area contributed by atoms with E-state index in [0.717, 1.165) is 37.8 Å². The van der Waals surface area contributed by atoms with E-state index in [1.165, 1.54) is 32.1 Å². The van der Waals surface area contributed by atoms with Gasteiger partial charge in [0.25, 0.3) is 5.91 Å². The topological polar surface area (TPSA) is 82.7 Å². The molecule has 1 aliphatic carbocycles. The van der Waals surface area contributed by atoms with Crippen molar-refractivity contribution in [3.8, 4) is 0 Å². The van der Waals surface area contributed by atoms with Gasteiger partial charge in [-0.15, -0.1) is 0 Å². The maximum atomic E-state index is 13.1. The van der Waals surface area contributed by atoms with Crippen molar-refractivity contribution in [2.75, 3.05) is 40.9 Å². The number of hydrogen-bond donors (Lipinski definition) is 3. The number of fused-ring (bicyclic) bond motifs is 1. The number of nitrogens with zero attached hydrogens (tertiary/aromatic N) is 1. The largest absolute Gasteiger partial charge is 0.385 e. The Labute approximate surface area is 215 Å². The maximum absolute atomic E-state index is 13.1. The Morgan fingerprint density at radius 1 is 1.26 bits per heavy atom. The van der Waals surface area contributed by atoms with Crippen molar-refractivity contribution in [1.29, 1.82) is 0 Å². The van der Waals surface area contributed by atoms with E-state index in [9.17, 15) is 9.59 Å². The fraction of sp³-hybridized carbons (Fsp3) is 0.704. The summed E-state index contributed by atoms with van der Waals surface area (Å²) >= 11 is 6.32. The highest BCUT2D eigenvalue weighted by atomic mass is 35.5. The lowest BCUT2D eigenvalue weighted by molar-refractivity contribution is 0.0914. The molecular formula is C27H43ClN4O3. The van der Waals surface area contributed by atoms with Crippen LogP contribution in [-0.2, 0) is 10.3 Å². The normalized spacial score (nSPS) is 20.9. The highest BCUT2D eigenvalue weighted by Gasteiger charge is 2.42. The fourth-order valence-electron chi connectivity index (χ4n) is 5.66. The van der Waals surface area contributed by atoms with Crippen LogP contribution in [0.1, 0.15) is 80.1 Å². The number of likely N-dealkylation sites (N-methyl/N-ethyl adjacent to an activating group) is 1. The van der Waals surface area contributed by atoms with Gasteiger partial charge in [-0.3, -0.25) is 4.79 Å². The molecule has 1 aliphatic heterocycles. The summed E-state index contributed by atoms with van der Waals surface area (Å²) in [5.41, 5.74) is 1.08. The van der Waals surface area contributed by atoms with E-state index in [0.29, 0.717) is 36.1 Å². The summed E-state index contributed by atoms with van der Waals surface area (Å²) < 4.78 is 5.22. The van der Waals surface area contributed by atoms with Crippen LogP contribution < -0.4 is 16.0 Å². The highest BCUT2D eigenvalue weighted by molar-refractivity contribution is 6.30. The summed E-state index contributed by atoms with van der Waals surface area (Å²) in [7, 11) is 5.47. The van der Waals surface area contributed by atoms with Gasteiger partial charge in [0.05, 0.1) is 5.54 Å². The Bertz CT molecular complexity index is 846. The molecule has 1 aromatic rings. The molecule has 1 fully saturated rings. The summed E-state index contributed by atoms with van der Waals surface area (Å²) in [6.07, 6.45) is 10.7. The quantitative estimate of drug-likeness (QED) is 0.339. The molecule has 2 atom stereocenters. The summed E-state index contributed by atoms with van der Waals surface area (Å²) in [5.74, 6) is 0.620. The zero-order chi connectivity index (χ0) is 25.3. The Morgan fingerprint density at radius 2 is 2.03 bits per heavy atom. The standard InChI is InChI=1S/C27H43ClN4O3/c1-29-19-22(17-20-9-5-4-6-10-20)30-26(34)32(2)15-14-27(13-7-8-16-35-3)24-18-21(28)11-12-23(24)25(33)31-27/h11-12,18,20,22,29H,4-10,13-17,19H2,1-3H3,(H,30,34)(H,31,33)/t22-,27-/m0/s1.